The SMILES string of the molecule is O=C(CN(C1CCCCC1)S(=O)(=O)c1ccc(F)cc1)N/N=C\c1ccccc1C(=O)O. The number of hydrazone groups is 1. The molecule has 1 aliphatic carbocycles. The van der Waals surface area contributed by atoms with Crippen LogP contribution in [0.3, 0.4) is 0 Å². The van der Waals surface area contributed by atoms with Gasteiger partial charge in [-0.25, -0.2) is 23.0 Å². The van der Waals surface area contributed by atoms with Gasteiger partial charge in [0.15, 0.2) is 0 Å². The monoisotopic (exact) mass is 461 g/mol. The fraction of sp³-hybridized carbons (Fsp3) is 0.318. The molecule has 2 aromatic carbocycles. The summed E-state index contributed by atoms with van der Waals surface area (Å²) in [5, 5.41) is 13.0. The van der Waals surface area contributed by atoms with Crippen molar-refractivity contribution in [2.75, 3.05) is 6.54 Å². The Labute approximate surface area is 185 Å². The van der Waals surface area contributed by atoms with Crippen LogP contribution in [0.5, 0.6) is 0 Å². The summed E-state index contributed by atoms with van der Waals surface area (Å²) in [4.78, 5) is 23.7. The molecule has 1 saturated carbocycles. The van der Waals surface area contributed by atoms with E-state index in [-0.39, 0.29) is 16.5 Å². The predicted molar refractivity (Wildman–Crippen MR) is 116 cm³/mol. The van der Waals surface area contributed by atoms with E-state index in [2.05, 4.69) is 10.5 Å². The number of rotatable bonds is 8. The van der Waals surface area contributed by atoms with E-state index in [1.165, 1.54) is 30.5 Å². The van der Waals surface area contributed by atoms with E-state index >= 15 is 0 Å². The molecule has 32 heavy (non-hydrogen) atoms. The summed E-state index contributed by atoms with van der Waals surface area (Å²) in [6, 6.07) is 10.3. The van der Waals surface area contributed by atoms with E-state index in [0.717, 1.165) is 35.7 Å². The Kier molecular flexibility index (Phi) is 7.70. The number of carboxylic acid groups (broad SMARTS) is 1. The molecule has 3 rings (SSSR count). The first-order valence-corrected chi connectivity index (χ1v) is 11.6. The van der Waals surface area contributed by atoms with Crippen molar-refractivity contribution in [1.82, 2.24) is 9.73 Å². The molecule has 0 unspecified atom stereocenters. The van der Waals surface area contributed by atoms with E-state index in [1.54, 1.807) is 12.1 Å². The number of sulfonamides is 1. The standard InChI is InChI=1S/C22H24FN3O5S/c23-17-10-12-19(13-11-17)32(30,31)26(18-7-2-1-3-8-18)15-21(27)25-24-14-16-6-4-5-9-20(16)22(28)29/h4-6,9-14,18H,1-3,7-8,15H2,(H,25,27)(H,28,29)/b24-14-. The molecule has 0 heterocycles. The minimum absolute atomic E-state index is 0.0215. The molecule has 0 bridgehead atoms. The first-order valence-electron chi connectivity index (χ1n) is 10.2. The normalized spacial score (nSPS) is 15.2. The van der Waals surface area contributed by atoms with Crippen molar-refractivity contribution in [2.24, 2.45) is 5.10 Å². The van der Waals surface area contributed by atoms with E-state index in [4.69, 9.17) is 0 Å². The second-order valence-corrected chi connectivity index (χ2v) is 9.37. The van der Waals surface area contributed by atoms with E-state index < -0.39 is 34.3 Å². The van der Waals surface area contributed by atoms with Crippen molar-refractivity contribution >= 4 is 28.1 Å². The first-order chi connectivity index (χ1) is 15.3. The van der Waals surface area contributed by atoms with Crippen molar-refractivity contribution in [3.8, 4) is 0 Å². The van der Waals surface area contributed by atoms with Crippen LogP contribution in [0.1, 0.15) is 48.0 Å². The summed E-state index contributed by atoms with van der Waals surface area (Å²) in [7, 11) is -4.03. The van der Waals surface area contributed by atoms with Crippen molar-refractivity contribution < 1.29 is 27.5 Å². The largest absolute Gasteiger partial charge is 0.478 e. The van der Waals surface area contributed by atoms with Crippen LogP contribution in [0, 0.1) is 5.82 Å². The lowest BCUT2D eigenvalue weighted by Gasteiger charge is -2.32. The average Bonchev–Trinajstić information content (AvgIpc) is 2.78. The lowest BCUT2D eigenvalue weighted by Crippen LogP contribution is -2.46. The van der Waals surface area contributed by atoms with Gasteiger partial charge in [-0.15, -0.1) is 0 Å². The van der Waals surface area contributed by atoms with Gasteiger partial charge in [-0.3, -0.25) is 4.79 Å². The Morgan fingerprint density at radius 2 is 1.75 bits per heavy atom. The summed E-state index contributed by atoms with van der Waals surface area (Å²) >= 11 is 0. The molecule has 170 valence electrons. The number of aromatic carboxylic acids is 1. The number of carbonyl (C=O) groups is 2. The fourth-order valence-corrected chi connectivity index (χ4v) is 5.32. The zero-order valence-corrected chi connectivity index (χ0v) is 18.1. The fourth-order valence-electron chi connectivity index (χ4n) is 3.68. The number of benzene rings is 2. The van der Waals surface area contributed by atoms with E-state index in [0.29, 0.717) is 18.4 Å². The van der Waals surface area contributed by atoms with Gasteiger partial charge in [0.1, 0.15) is 5.82 Å². The third-order valence-electron chi connectivity index (χ3n) is 5.29. The molecule has 2 N–H and O–H groups in total. The van der Waals surface area contributed by atoms with Crippen molar-refractivity contribution in [1.29, 1.82) is 0 Å². The number of carboxylic acids is 1. The molecular weight excluding hydrogens is 437 g/mol. The molecule has 8 nitrogen and oxygen atoms in total. The summed E-state index contributed by atoms with van der Waals surface area (Å²) < 4.78 is 40.8. The van der Waals surface area contributed by atoms with Gasteiger partial charge in [0.2, 0.25) is 10.0 Å². The van der Waals surface area contributed by atoms with Crippen molar-refractivity contribution in [3.05, 3.63) is 65.5 Å². The lowest BCUT2D eigenvalue weighted by molar-refractivity contribution is -0.121. The number of hydrogen-bond donors (Lipinski definition) is 2. The zero-order chi connectivity index (χ0) is 23.1. The molecule has 1 fully saturated rings. The Balaban J connectivity index is 1.77. The van der Waals surface area contributed by atoms with Gasteiger partial charge < -0.3 is 5.11 Å². The topological polar surface area (TPSA) is 116 Å². The number of carbonyl (C=O) groups excluding carboxylic acids is 1. The van der Waals surface area contributed by atoms with Gasteiger partial charge in [0, 0.05) is 11.6 Å². The van der Waals surface area contributed by atoms with Crippen molar-refractivity contribution in [2.45, 2.75) is 43.0 Å². The molecule has 2 aromatic rings. The predicted octanol–water partition coefficient (Wildman–Crippen LogP) is 3.00. The summed E-state index contributed by atoms with van der Waals surface area (Å²) in [5.74, 6) is -2.35. The molecule has 0 saturated heterocycles. The van der Waals surface area contributed by atoms with E-state index in [1.807, 2.05) is 0 Å². The van der Waals surface area contributed by atoms with Gasteiger partial charge >= 0.3 is 5.97 Å². The zero-order valence-electron chi connectivity index (χ0n) is 17.3. The van der Waals surface area contributed by atoms with Gasteiger partial charge in [-0.05, 0) is 43.2 Å². The second kappa shape index (κ2) is 10.5. The quantitative estimate of drug-likeness (QED) is 0.463. The first kappa shape index (κ1) is 23.6. The average molecular weight is 462 g/mol. The smallest absolute Gasteiger partial charge is 0.336 e. The van der Waals surface area contributed by atoms with E-state index in [9.17, 15) is 27.5 Å². The highest BCUT2D eigenvalue weighted by Gasteiger charge is 2.34. The Morgan fingerprint density at radius 1 is 1.09 bits per heavy atom. The van der Waals surface area contributed by atoms with Crippen LogP contribution in [-0.4, -0.2) is 48.5 Å². The van der Waals surface area contributed by atoms with Crippen molar-refractivity contribution in [3.63, 3.8) is 0 Å². The Morgan fingerprint density at radius 3 is 2.41 bits per heavy atom. The van der Waals surface area contributed by atoms with Gasteiger partial charge in [-0.2, -0.15) is 9.41 Å². The second-order valence-electron chi connectivity index (χ2n) is 7.48. The number of halogens is 1. The minimum atomic E-state index is -4.03. The van der Waals surface area contributed by atoms with Crippen LogP contribution in [0.2, 0.25) is 0 Å². The summed E-state index contributed by atoms with van der Waals surface area (Å²) in [6.45, 7) is -0.456. The number of amides is 1. The number of hydrogen-bond acceptors (Lipinski definition) is 5. The van der Waals surface area contributed by atoms with Gasteiger partial charge in [0.25, 0.3) is 5.91 Å². The maximum Gasteiger partial charge on any atom is 0.336 e. The molecule has 1 aliphatic rings. The molecule has 0 spiro atoms. The molecular formula is C22H24FN3O5S. The van der Waals surface area contributed by atoms with Crippen LogP contribution in [-0.2, 0) is 14.8 Å². The Bertz CT molecular complexity index is 1100. The van der Waals surface area contributed by atoms with Gasteiger partial charge in [-0.1, -0.05) is 37.5 Å². The minimum Gasteiger partial charge on any atom is -0.478 e. The maximum absolute atomic E-state index is 13.3. The number of nitrogens with zero attached hydrogens (tertiary/aromatic N) is 2. The molecule has 0 aromatic heterocycles. The van der Waals surface area contributed by atoms with Crippen LogP contribution in [0.15, 0.2) is 58.5 Å². The molecule has 0 radical (unpaired) electrons. The van der Waals surface area contributed by atoms with Crippen LogP contribution in [0.4, 0.5) is 4.39 Å². The molecule has 0 atom stereocenters. The molecule has 0 aliphatic heterocycles. The third kappa shape index (κ3) is 5.77. The highest BCUT2D eigenvalue weighted by Crippen LogP contribution is 2.27. The molecule has 1 amide bonds. The number of nitrogens with one attached hydrogen (secondary N) is 1. The Hall–Kier alpha value is -3.11. The van der Waals surface area contributed by atoms with Gasteiger partial charge in [0.05, 0.1) is 23.2 Å². The van der Waals surface area contributed by atoms with Crippen LogP contribution < -0.4 is 5.43 Å². The highest BCUT2D eigenvalue weighted by molar-refractivity contribution is 7.89. The summed E-state index contributed by atoms with van der Waals surface area (Å²) in [5.41, 5.74) is 2.59. The molecule has 10 heteroatoms. The third-order valence-corrected chi connectivity index (χ3v) is 7.20. The lowest BCUT2D eigenvalue weighted by atomic mass is 9.95. The summed E-state index contributed by atoms with van der Waals surface area (Å²) in [6.07, 6.45) is 5.16. The van der Waals surface area contributed by atoms with Crippen LogP contribution >= 0.6 is 0 Å². The van der Waals surface area contributed by atoms with Crippen LogP contribution in [0.25, 0.3) is 0 Å². The highest BCUT2D eigenvalue weighted by atomic mass is 32.2. The maximum atomic E-state index is 13.3.